The maximum Gasteiger partial charge on any atom is 0.234 e. The smallest absolute Gasteiger partial charge is 0.234 e. The summed E-state index contributed by atoms with van der Waals surface area (Å²) in [5, 5.41) is 12.5. The van der Waals surface area contributed by atoms with Gasteiger partial charge in [-0.3, -0.25) is 9.36 Å². The van der Waals surface area contributed by atoms with E-state index < -0.39 is 5.82 Å². The average Bonchev–Trinajstić information content (AvgIpc) is 3.18. The largest absolute Gasteiger partial charge is 0.323 e. The fourth-order valence-corrected chi connectivity index (χ4v) is 4.08. The third-order valence-electron chi connectivity index (χ3n) is 4.72. The summed E-state index contributed by atoms with van der Waals surface area (Å²) in [4.78, 5) is 12.5. The van der Waals surface area contributed by atoms with Crippen molar-refractivity contribution in [2.24, 2.45) is 0 Å². The second-order valence-corrected chi connectivity index (χ2v) is 8.57. The Bertz CT molecular complexity index is 1230. The molecule has 0 atom stereocenters. The number of carbonyl (C=O) groups is 1. The minimum atomic E-state index is -0.469. The van der Waals surface area contributed by atoms with Crippen molar-refractivity contribution in [3.63, 3.8) is 0 Å². The summed E-state index contributed by atoms with van der Waals surface area (Å²) in [5.74, 6) is 0.00844. The van der Waals surface area contributed by atoms with Crippen LogP contribution in [-0.4, -0.2) is 26.4 Å². The molecule has 0 aliphatic carbocycles. The lowest BCUT2D eigenvalue weighted by molar-refractivity contribution is -0.113. The highest BCUT2D eigenvalue weighted by Gasteiger charge is 2.17. The average molecular weight is 467 g/mol. The molecular weight excluding hydrogens is 447 g/mol. The number of anilines is 1. The van der Waals surface area contributed by atoms with Gasteiger partial charge in [-0.1, -0.05) is 59.8 Å². The molecule has 0 radical (unpaired) electrons. The Morgan fingerprint density at radius 3 is 2.56 bits per heavy atom. The van der Waals surface area contributed by atoms with Crippen molar-refractivity contribution in [3.8, 4) is 5.69 Å². The Morgan fingerprint density at radius 2 is 1.81 bits per heavy atom. The fraction of sp³-hybridized carbons (Fsp3) is 0.125. The van der Waals surface area contributed by atoms with Gasteiger partial charge in [-0.2, -0.15) is 0 Å². The van der Waals surface area contributed by atoms with Gasteiger partial charge in [0.25, 0.3) is 0 Å². The Labute approximate surface area is 194 Å². The molecule has 8 heteroatoms. The first kappa shape index (κ1) is 22.0. The number of amides is 1. The molecule has 0 aliphatic heterocycles. The molecule has 0 bridgehead atoms. The van der Waals surface area contributed by atoms with Gasteiger partial charge in [0.1, 0.15) is 11.6 Å². The van der Waals surface area contributed by atoms with Crippen LogP contribution in [0.5, 0.6) is 0 Å². The second kappa shape index (κ2) is 9.97. The van der Waals surface area contributed by atoms with Crippen LogP contribution < -0.4 is 5.32 Å². The first-order valence-corrected chi connectivity index (χ1v) is 11.3. The van der Waals surface area contributed by atoms with Crippen LogP contribution in [0.3, 0.4) is 0 Å². The Kier molecular flexibility index (Phi) is 6.87. The molecule has 1 heterocycles. The van der Waals surface area contributed by atoms with Crippen molar-refractivity contribution in [1.29, 1.82) is 0 Å². The van der Waals surface area contributed by atoms with Gasteiger partial charge in [0, 0.05) is 17.1 Å². The Morgan fingerprint density at radius 1 is 1.06 bits per heavy atom. The van der Waals surface area contributed by atoms with Crippen molar-refractivity contribution in [3.05, 3.63) is 101 Å². The number of nitrogens with one attached hydrogen (secondary N) is 1. The zero-order valence-electron chi connectivity index (χ0n) is 17.3. The van der Waals surface area contributed by atoms with Gasteiger partial charge in [0.15, 0.2) is 5.16 Å². The van der Waals surface area contributed by atoms with Crippen molar-refractivity contribution < 1.29 is 9.18 Å². The van der Waals surface area contributed by atoms with Gasteiger partial charge in [0.2, 0.25) is 5.91 Å². The summed E-state index contributed by atoms with van der Waals surface area (Å²) in [6.45, 7) is 1.84. The summed E-state index contributed by atoms with van der Waals surface area (Å²) in [7, 11) is 0. The monoisotopic (exact) mass is 466 g/mol. The highest BCUT2D eigenvalue weighted by atomic mass is 35.5. The molecule has 4 aromatic rings. The highest BCUT2D eigenvalue weighted by molar-refractivity contribution is 7.99. The van der Waals surface area contributed by atoms with Crippen molar-refractivity contribution in [2.75, 3.05) is 11.1 Å². The molecular formula is C24H20ClFN4OS. The Hall–Kier alpha value is -3.16. The van der Waals surface area contributed by atoms with Crippen LogP contribution in [0.4, 0.5) is 10.1 Å². The number of benzene rings is 3. The van der Waals surface area contributed by atoms with Crippen molar-refractivity contribution >= 4 is 35.0 Å². The molecule has 1 N–H and O–H groups in total. The molecule has 0 fully saturated rings. The predicted octanol–water partition coefficient (Wildman–Crippen LogP) is 5.69. The second-order valence-electron chi connectivity index (χ2n) is 7.19. The lowest BCUT2D eigenvalue weighted by Gasteiger charge is -2.11. The van der Waals surface area contributed by atoms with Gasteiger partial charge in [-0.05, 0) is 54.4 Å². The zero-order valence-corrected chi connectivity index (χ0v) is 18.8. The molecule has 0 aliphatic rings. The van der Waals surface area contributed by atoms with E-state index in [-0.39, 0.29) is 17.3 Å². The van der Waals surface area contributed by atoms with E-state index in [2.05, 4.69) is 15.5 Å². The van der Waals surface area contributed by atoms with E-state index in [0.29, 0.717) is 16.6 Å². The van der Waals surface area contributed by atoms with Crippen LogP contribution >= 0.6 is 23.4 Å². The molecule has 0 spiro atoms. The number of thioether (sulfide) groups is 1. The van der Waals surface area contributed by atoms with E-state index in [1.165, 1.54) is 17.8 Å². The third-order valence-corrected chi connectivity index (χ3v) is 5.90. The summed E-state index contributed by atoms with van der Waals surface area (Å²) in [6.07, 6.45) is 0.581. The molecule has 32 heavy (non-hydrogen) atoms. The van der Waals surface area contributed by atoms with Gasteiger partial charge in [-0.15, -0.1) is 10.2 Å². The number of aromatic nitrogens is 3. The number of hydrogen-bond acceptors (Lipinski definition) is 4. The fourth-order valence-electron chi connectivity index (χ4n) is 3.19. The SMILES string of the molecule is Cc1ccc(F)c(NC(=O)CSc2nnc(Cc3ccccc3)n2-c2ccc(Cl)cc2)c1. The van der Waals surface area contributed by atoms with E-state index in [9.17, 15) is 9.18 Å². The van der Waals surface area contributed by atoms with E-state index >= 15 is 0 Å². The third kappa shape index (κ3) is 5.36. The van der Waals surface area contributed by atoms with Crippen LogP contribution in [0.25, 0.3) is 5.69 Å². The number of aryl methyl sites for hydroxylation is 1. The molecule has 3 aromatic carbocycles. The number of nitrogens with zero attached hydrogens (tertiary/aromatic N) is 3. The number of rotatable bonds is 7. The molecule has 162 valence electrons. The quantitative estimate of drug-likeness (QED) is 0.355. The molecule has 0 saturated carbocycles. The highest BCUT2D eigenvalue weighted by Crippen LogP contribution is 2.25. The maximum atomic E-state index is 14.0. The van der Waals surface area contributed by atoms with Gasteiger partial charge < -0.3 is 5.32 Å². The van der Waals surface area contributed by atoms with Crippen LogP contribution in [-0.2, 0) is 11.2 Å². The van der Waals surface area contributed by atoms with E-state index in [1.54, 1.807) is 24.3 Å². The molecule has 5 nitrogen and oxygen atoms in total. The number of halogens is 2. The summed E-state index contributed by atoms with van der Waals surface area (Å²) >= 11 is 7.29. The first-order chi connectivity index (χ1) is 15.5. The molecule has 1 amide bonds. The molecule has 0 saturated heterocycles. The van der Waals surface area contributed by atoms with Crippen molar-refractivity contribution in [2.45, 2.75) is 18.5 Å². The van der Waals surface area contributed by atoms with Gasteiger partial charge >= 0.3 is 0 Å². The van der Waals surface area contributed by atoms with E-state index in [0.717, 1.165) is 22.6 Å². The lowest BCUT2D eigenvalue weighted by atomic mass is 10.1. The van der Waals surface area contributed by atoms with E-state index in [4.69, 9.17) is 11.6 Å². The van der Waals surface area contributed by atoms with Gasteiger partial charge in [0.05, 0.1) is 11.4 Å². The van der Waals surface area contributed by atoms with Gasteiger partial charge in [-0.25, -0.2) is 4.39 Å². The van der Waals surface area contributed by atoms with Crippen LogP contribution in [0, 0.1) is 12.7 Å². The minimum Gasteiger partial charge on any atom is -0.323 e. The lowest BCUT2D eigenvalue weighted by Crippen LogP contribution is -2.15. The summed E-state index contributed by atoms with van der Waals surface area (Å²) in [6, 6.07) is 21.9. The summed E-state index contributed by atoms with van der Waals surface area (Å²) < 4.78 is 15.9. The standard InChI is InChI=1S/C24H20ClFN4OS/c1-16-7-12-20(26)21(13-16)27-23(31)15-32-24-29-28-22(14-17-5-3-2-4-6-17)30(24)19-10-8-18(25)9-11-19/h2-13H,14-15H2,1H3,(H,27,31). The number of carbonyl (C=O) groups excluding carboxylic acids is 1. The van der Waals surface area contributed by atoms with Crippen molar-refractivity contribution in [1.82, 2.24) is 14.8 Å². The molecule has 1 aromatic heterocycles. The van der Waals surface area contributed by atoms with Crippen LogP contribution in [0.15, 0.2) is 78.0 Å². The zero-order chi connectivity index (χ0) is 22.5. The topological polar surface area (TPSA) is 59.8 Å². The molecule has 4 rings (SSSR count). The van der Waals surface area contributed by atoms with E-state index in [1.807, 2.05) is 54.0 Å². The summed E-state index contributed by atoms with van der Waals surface area (Å²) in [5.41, 5.74) is 2.97. The molecule has 0 unspecified atom stereocenters. The Balaban J connectivity index is 1.55. The van der Waals surface area contributed by atoms with Crippen LogP contribution in [0.1, 0.15) is 17.0 Å². The number of hydrogen-bond donors (Lipinski definition) is 1. The predicted molar refractivity (Wildman–Crippen MR) is 126 cm³/mol. The maximum absolute atomic E-state index is 14.0. The minimum absolute atomic E-state index is 0.0600. The first-order valence-electron chi connectivity index (χ1n) is 9.92. The van der Waals surface area contributed by atoms with Crippen LogP contribution in [0.2, 0.25) is 5.02 Å². The normalized spacial score (nSPS) is 10.8.